The summed E-state index contributed by atoms with van der Waals surface area (Å²) in [4.78, 5) is 0. The van der Waals surface area contributed by atoms with Crippen molar-refractivity contribution in [3.05, 3.63) is 0 Å². The van der Waals surface area contributed by atoms with Gasteiger partial charge in [0.15, 0.2) is 0 Å². The Labute approximate surface area is 109 Å². The van der Waals surface area contributed by atoms with Gasteiger partial charge in [-0.05, 0) is 19.4 Å². The van der Waals surface area contributed by atoms with Crippen molar-refractivity contribution >= 4 is 0 Å². The molecule has 0 fully saturated rings. The van der Waals surface area contributed by atoms with Crippen molar-refractivity contribution in [2.45, 2.75) is 71.8 Å². The average molecular weight is 243 g/mol. The van der Waals surface area contributed by atoms with Gasteiger partial charge in [0.05, 0.1) is 6.61 Å². The van der Waals surface area contributed by atoms with Crippen LogP contribution in [0.5, 0.6) is 0 Å². The molecule has 2 nitrogen and oxygen atoms in total. The van der Waals surface area contributed by atoms with Gasteiger partial charge in [-0.2, -0.15) is 0 Å². The van der Waals surface area contributed by atoms with Gasteiger partial charge in [0, 0.05) is 12.6 Å². The molecule has 0 bridgehead atoms. The zero-order valence-electron chi connectivity index (χ0n) is 12.4. The Morgan fingerprint density at radius 3 is 2.24 bits per heavy atom. The van der Waals surface area contributed by atoms with Gasteiger partial charge >= 0.3 is 0 Å². The van der Waals surface area contributed by atoms with Crippen LogP contribution >= 0.6 is 0 Å². The molecule has 0 spiro atoms. The van der Waals surface area contributed by atoms with Gasteiger partial charge in [-0.1, -0.05) is 59.3 Å². The minimum absolute atomic E-state index is 0.514. The first kappa shape index (κ1) is 16.9. The molecular formula is C15H33NO. The molecule has 0 amide bonds. The SMILES string of the molecule is CCCCCCCCOCC(NC)C(C)CC. The summed E-state index contributed by atoms with van der Waals surface area (Å²) in [5.74, 6) is 0.699. The quantitative estimate of drug-likeness (QED) is 0.523. The molecule has 0 aliphatic rings. The van der Waals surface area contributed by atoms with Crippen LogP contribution < -0.4 is 5.32 Å². The molecule has 0 aromatic heterocycles. The molecule has 0 saturated heterocycles. The molecule has 2 heteroatoms. The Balaban J connectivity index is 3.31. The van der Waals surface area contributed by atoms with Gasteiger partial charge in [0.1, 0.15) is 0 Å². The lowest BCUT2D eigenvalue weighted by Crippen LogP contribution is -2.36. The summed E-state index contributed by atoms with van der Waals surface area (Å²) < 4.78 is 5.75. The van der Waals surface area contributed by atoms with Crippen molar-refractivity contribution in [3.8, 4) is 0 Å². The average Bonchev–Trinajstić information content (AvgIpc) is 2.36. The molecule has 0 aliphatic carbocycles. The number of hydrogen-bond donors (Lipinski definition) is 1. The van der Waals surface area contributed by atoms with E-state index in [1.54, 1.807) is 0 Å². The molecule has 0 rings (SSSR count). The summed E-state index contributed by atoms with van der Waals surface area (Å²) in [5, 5.41) is 3.35. The largest absolute Gasteiger partial charge is 0.380 e. The van der Waals surface area contributed by atoms with Gasteiger partial charge < -0.3 is 10.1 Å². The maximum Gasteiger partial charge on any atom is 0.0622 e. The van der Waals surface area contributed by atoms with Crippen LogP contribution in [0, 0.1) is 5.92 Å². The summed E-state index contributed by atoms with van der Waals surface area (Å²) in [6.45, 7) is 8.58. The summed E-state index contributed by atoms with van der Waals surface area (Å²) in [5.41, 5.74) is 0. The number of nitrogens with one attached hydrogen (secondary N) is 1. The lowest BCUT2D eigenvalue weighted by molar-refractivity contribution is 0.0942. The summed E-state index contributed by atoms with van der Waals surface area (Å²) >= 11 is 0. The lowest BCUT2D eigenvalue weighted by atomic mass is 10.0. The van der Waals surface area contributed by atoms with Crippen LogP contribution in [0.15, 0.2) is 0 Å². The second kappa shape index (κ2) is 12.4. The highest BCUT2D eigenvalue weighted by Crippen LogP contribution is 2.08. The van der Waals surface area contributed by atoms with Crippen molar-refractivity contribution in [1.29, 1.82) is 0 Å². The standard InChI is InChI=1S/C15H33NO/c1-5-7-8-9-10-11-12-17-13-15(16-4)14(3)6-2/h14-16H,5-13H2,1-4H3. The van der Waals surface area contributed by atoms with Gasteiger partial charge in [-0.15, -0.1) is 0 Å². The third-order valence-corrected chi connectivity index (χ3v) is 3.64. The first-order valence-electron chi connectivity index (χ1n) is 7.51. The topological polar surface area (TPSA) is 21.3 Å². The van der Waals surface area contributed by atoms with Gasteiger partial charge in [0.25, 0.3) is 0 Å². The number of ether oxygens (including phenoxy) is 1. The van der Waals surface area contributed by atoms with Gasteiger partial charge in [-0.25, -0.2) is 0 Å². The van der Waals surface area contributed by atoms with E-state index in [2.05, 4.69) is 26.1 Å². The Kier molecular flexibility index (Phi) is 12.3. The zero-order chi connectivity index (χ0) is 12.9. The molecule has 0 saturated carbocycles. The fourth-order valence-corrected chi connectivity index (χ4v) is 2.01. The fourth-order valence-electron chi connectivity index (χ4n) is 2.01. The molecule has 0 heterocycles. The van der Waals surface area contributed by atoms with E-state index in [1.165, 1.54) is 44.9 Å². The first-order chi connectivity index (χ1) is 8.26. The Hall–Kier alpha value is -0.0800. The normalized spacial score (nSPS) is 14.8. The van der Waals surface area contributed by atoms with Crippen molar-refractivity contribution in [3.63, 3.8) is 0 Å². The maximum absolute atomic E-state index is 5.75. The van der Waals surface area contributed by atoms with Gasteiger partial charge in [0.2, 0.25) is 0 Å². The highest BCUT2D eigenvalue weighted by Gasteiger charge is 2.12. The van der Waals surface area contributed by atoms with Crippen LogP contribution in [0.3, 0.4) is 0 Å². The number of likely N-dealkylation sites (N-methyl/N-ethyl adjacent to an activating group) is 1. The smallest absolute Gasteiger partial charge is 0.0622 e. The van der Waals surface area contributed by atoms with Crippen molar-refractivity contribution in [2.75, 3.05) is 20.3 Å². The van der Waals surface area contributed by atoms with Crippen molar-refractivity contribution in [2.24, 2.45) is 5.92 Å². The molecule has 104 valence electrons. The predicted octanol–water partition coefficient (Wildman–Crippen LogP) is 4.00. The van der Waals surface area contributed by atoms with Crippen LogP contribution in [0.25, 0.3) is 0 Å². The zero-order valence-corrected chi connectivity index (χ0v) is 12.4. The van der Waals surface area contributed by atoms with Crippen LogP contribution in [0.4, 0.5) is 0 Å². The van der Waals surface area contributed by atoms with Crippen molar-refractivity contribution < 1.29 is 4.74 Å². The number of unbranched alkanes of at least 4 members (excludes halogenated alkanes) is 5. The minimum Gasteiger partial charge on any atom is -0.380 e. The second-order valence-corrected chi connectivity index (χ2v) is 5.12. The fraction of sp³-hybridized carbons (Fsp3) is 1.00. The molecule has 1 N–H and O–H groups in total. The van der Waals surface area contributed by atoms with Crippen LogP contribution in [0.2, 0.25) is 0 Å². The van der Waals surface area contributed by atoms with Crippen molar-refractivity contribution in [1.82, 2.24) is 5.32 Å². The highest BCUT2D eigenvalue weighted by molar-refractivity contribution is 4.69. The van der Waals surface area contributed by atoms with E-state index in [4.69, 9.17) is 4.74 Å². The van der Waals surface area contributed by atoms with E-state index in [9.17, 15) is 0 Å². The van der Waals surface area contributed by atoms with E-state index in [1.807, 2.05) is 7.05 Å². The molecule has 17 heavy (non-hydrogen) atoms. The monoisotopic (exact) mass is 243 g/mol. The van der Waals surface area contributed by atoms with Crippen LogP contribution in [0.1, 0.15) is 65.7 Å². The van der Waals surface area contributed by atoms with Crippen LogP contribution in [-0.2, 0) is 4.74 Å². The molecule has 0 aromatic carbocycles. The van der Waals surface area contributed by atoms with Crippen LogP contribution in [-0.4, -0.2) is 26.3 Å². The predicted molar refractivity (Wildman–Crippen MR) is 76.5 cm³/mol. The Bertz CT molecular complexity index is 150. The highest BCUT2D eigenvalue weighted by atomic mass is 16.5. The third kappa shape index (κ3) is 9.61. The van der Waals surface area contributed by atoms with E-state index >= 15 is 0 Å². The molecular weight excluding hydrogens is 210 g/mol. The maximum atomic E-state index is 5.75. The van der Waals surface area contributed by atoms with E-state index < -0.39 is 0 Å². The summed E-state index contributed by atoms with van der Waals surface area (Å²) in [7, 11) is 2.03. The number of rotatable bonds is 12. The molecule has 2 atom stereocenters. The first-order valence-corrected chi connectivity index (χ1v) is 7.51. The summed E-state index contributed by atoms with van der Waals surface area (Å²) in [6, 6.07) is 0.514. The lowest BCUT2D eigenvalue weighted by Gasteiger charge is -2.22. The summed E-state index contributed by atoms with van der Waals surface area (Å²) in [6.07, 6.45) is 9.24. The molecule has 0 aliphatic heterocycles. The molecule has 0 aromatic rings. The minimum atomic E-state index is 0.514. The molecule has 0 radical (unpaired) electrons. The number of hydrogen-bond acceptors (Lipinski definition) is 2. The van der Waals surface area contributed by atoms with Gasteiger partial charge in [-0.3, -0.25) is 0 Å². The second-order valence-electron chi connectivity index (χ2n) is 5.12. The Morgan fingerprint density at radius 2 is 1.65 bits per heavy atom. The molecule has 2 unspecified atom stereocenters. The Morgan fingerprint density at radius 1 is 1.00 bits per heavy atom. The van der Waals surface area contributed by atoms with E-state index in [0.717, 1.165) is 13.2 Å². The van der Waals surface area contributed by atoms with E-state index in [0.29, 0.717) is 12.0 Å². The van der Waals surface area contributed by atoms with E-state index in [-0.39, 0.29) is 0 Å². The third-order valence-electron chi connectivity index (χ3n) is 3.64.